The Labute approximate surface area is 141 Å². The second-order valence-corrected chi connectivity index (χ2v) is 8.07. The number of anilines is 1. The third-order valence-electron chi connectivity index (χ3n) is 3.86. The number of imidazole rings is 2. The molecule has 0 bridgehead atoms. The molecule has 6 heteroatoms. The summed E-state index contributed by atoms with van der Waals surface area (Å²) >= 11 is 1.64. The van der Waals surface area contributed by atoms with E-state index in [1.165, 1.54) is 5.52 Å². The SMILES string of the molecule is CN(Sn1cc[n+](C)c1)c1ccc2c(c1)nc(C(C)(C)C)n2C. The molecule has 3 aromatic rings. The van der Waals surface area contributed by atoms with Crippen LogP contribution < -0.4 is 8.87 Å². The summed E-state index contributed by atoms with van der Waals surface area (Å²) in [5.74, 6) is 1.11. The van der Waals surface area contributed by atoms with Crippen LogP contribution >= 0.6 is 12.1 Å². The van der Waals surface area contributed by atoms with Gasteiger partial charge in [0.25, 0.3) is 6.33 Å². The Morgan fingerprint density at radius 1 is 1.26 bits per heavy atom. The molecular formula is C17H24N5S+. The topological polar surface area (TPSA) is 29.9 Å². The van der Waals surface area contributed by atoms with Crippen LogP contribution in [0.5, 0.6) is 0 Å². The van der Waals surface area contributed by atoms with Crippen molar-refractivity contribution in [3.05, 3.63) is 42.7 Å². The summed E-state index contributed by atoms with van der Waals surface area (Å²) in [6, 6.07) is 6.45. The average Bonchev–Trinajstić information content (AvgIpc) is 3.02. The first kappa shape index (κ1) is 15.9. The molecule has 1 aromatic carbocycles. The second kappa shape index (κ2) is 5.60. The van der Waals surface area contributed by atoms with E-state index in [0.29, 0.717) is 0 Å². The van der Waals surface area contributed by atoms with Gasteiger partial charge in [0.15, 0.2) is 12.1 Å². The maximum Gasteiger partial charge on any atom is 0.256 e. The lowest BCUT2D eigenvalue weighted by atomic mass is 9.96. The van der Waals surface area contributed by atoms with E-state index in [4.69, 9.17) is 4.98 Å². The number of hydrogen-bond donors (Lipinski definition) is 0. The van der Waals surface area contributed by atoms with Crippen molar-refractivity contribution < 1.29 is 4.57 Å². The van der Waals surface area contributed by atoms with Crippen molar-refractivity contribution in [1.82, 2.24) is 13.5 Å². The fourth-order valence-electron chi connectivity index (χ4n) is 2.72. The zero-order valence-corrected chi connectivity index (χ0v) is 15.4. The highest BCUT2D eigenvalue weighted by Gasteiger charge is 2.21. The van der Waals surface area contributed by atoms with Gasteiger partial charge < -0.3 is 4.57 Å². The van der Waals surface area contributed by atoms with Gasteiger partial charge in [-0.1, -0.05) is 20.8 Å². The van der Waals surface area contributed by atoms with Gasteiger partial charge in [0.05, 0.1) is 23.8 Å². The number of hydrogen-bond acceptors (Lipinski definition) is 3. The molecule has 23 heavy (non-hydrogen) atoms. The summed E-state index contributed by atoms with van der Waals surface area (Å²) in [5, 5.41) is 0. The highest BCUT2D eigenvalue weighted by Crippen LogP contribution is 2.29. The van der Waals surface area contributed by atoms with E-state index in [-0.39, 0.29) is 5.41 Å². The third-order valence-corrected chi connectivity index (χ3v) is 4.72. The Bertz CT molecular complexity index is 840. The minimum absolute atomic E-state index is 0.0362. The van der Waals surface area contributed by atoms with E-state index in [9.17, 15) is 0 Å². The van der Waals surface area contributed by atoms with Gasteiger partial charge in [-0.2, -0.15) is 3.97 Å². The molecule has 0 aliphatic rings. The molecule has 0 aliphatic carbocycles. The van der Waals surface area contributed by atoms with Crippen molar-refractivity contribution in [3.8, 4) is 0 Å². The Hall–Kier alpha value is -1.95. The van der Waals surface area contributed by atoms with Gasteiger partial charge in [-0.05, 0) is 18.2 Å². The predicted octanol–water partition coefficient (Wildman–Crippen LogP) is 3.04. The Morgan fingerprint density at radius 3 is 2.61 bits per heavy atom. The van der Waals surface area contributed by atoms with Crippen molar-refractivity contribution in [2.45, 2.75) is 26.2 Å². The zero-order chi connectivity index (χ0) is 16.8. The van der Waals surface area contributed by atoms with Crippen LogP contribution in [0.25, 0.3) is 11.0 Å². The first-order chi connectivity index (χ1) is 10.8. The molecule has 2 heterocycles. The highest BCUT2D eigenvalue weighted by atomic mass is 32.2. The molecule has 122 valence electrons. The fourth-order valence-corrected chi connectivity index (χ4v) is 3.51. The van der Waals surface area contributed by atoms with E-state index in [1.807, 2.05) is 30.3 Å². The van der Waals surface area contributed by atoms with Crippen LogP contribution in [-0.4, -0.2) is 20.6 Å². The fraction of sp³-hybridized carbons (Fsp3) is 0.412. The number of fused-ring (bicyclic) bond motifs is 1. The third kappa shape index (κ3) is 3.08. The van der Waals surface area contributed by atoms with E-state index in [0.717, 1.165) is 17.0 Å². The quantitative estimate of drug-likeness (QED) is 0.546. The van der Waals surface area contributed by atoms with Crippen molar-refractivity contribution in [2.24, 2.45) is 14.1 Å². The summed E-state index contributed by atoms with van der Waals surface area (Å²) < 4.78 is 8.44. The van der Waals surface area contributed by atoms with E-state index < -0.39 is 0 Å². The first-order valence-corrected chi connectivity index (χ1v) is 8.41. The molecule has 3 rings (SSSR count). The van der Waals surface area contributed by atoms with Crippen LogP contribution in [0.4, 0.5) is 5.69 Å². The molecule has 0 aliphatic heterocycles. The molecule has 2 aromatic heterocycles. The van der Waals surface area contributed by atoms with Crippen molar-refractivity contribution in [3.63, 3.8) is 0 Å². The first-order valence-electron chi connectivity index (χ1n) is 7.68. The Balaban J connectivity index is 1.93. The van der Waals surface area contributed by atoms with Gasteiger partial charge in [0.1, 0.15) is 18.2 Å². The average molecular weight is 330 g/mol. The molecule has 0 N–H and O–H groups in total. The van der Waals surface area contributed by atoms with Crippen molar-refractivity contribution in [1.29, 1.82) is 0 Å². The van der Waals surface area contributed by atoms with Crippen LogP contribution in [0.15, 0.2) is 36.9 Å². The maximum absolute atomic E-state index is 4.85. The van der Waals surface area contributed by atoms with Gasteiger partial charge in [0, 0.05) is 19.5 Å². The standard InChI is InChI=1S/C17H24N5S/c1-17(2,3)16-18-14-11-13(7-8-15(14)20(16)5)21(6)23-22-10-9-19(4)12-22/h7-12H,1-6H3/q+1. The van der Waals surface area contributed by atoms with Gasteiger partial charge in [-0.3, -0.25) is 4.31 Å². The molecule has 0 saturated carbocycles. The maximum atomic E-state index is 4.85. The zero-order valence-electron chi connectivity index (χ0n) is 14.6. The minimum Gasteiger partial charge on any atom is -0.331 e. The van der Waals surface area contributed by atoms with Gasteiger partial charge in [-0.15, -0.1) is 0 Å². The Morgan fingerprint density at radius 2 is 2.00 bits per heavy atom. The molecule has 0 amide bonds. The molecule has 0 unspecified atom stereocenters. The lowest BCUT2D eigenvalue weighted by molar-refractivity contribution is -0.670. The summed E-state index contributed by atoms with van der Waals surface area (Å²) in [6.45, 7) is 6.59. The number of nitrogens with zero attached hydrogens (tertiary/aromatic N) is 5. The van der Waals surface area contributed by atoms with Crippen LogP contribution in [0, 0.1) is 0 Å². The van der Waals surface area contributed by atoms with Crippen molar-refractivity contribution >= 4 is 28.9 Å². The number of aromatic nitrogens is 4. The molecule has 0 atom stereocenters. The van der Waals surface area contributed by atoms with Crippen molar-refractivity contribution in [2.75, 3.05) is 11.4 Å². The monoisotopic (exact) mass is 330 g/mol. The van der Waals surface area contributed by atoms with Gasteiger partial charge in [-0.25, -0.2) is 9.55 Å². The van der Waals surface area contributed by atoms with Crippen LogP contribution in [0.2, 0.25) is 0 Å². The summed E-state index contributed by atoms with van der Waals surface area (Å²) in [7, 11) is 6.18. The Kier molecular flexibility index (Phi) is 3.88. The number of rotatable bonds is 3. The molecule has 5 nitrogen and oxygen atoms in total. The molecule has 0 fully saturated rings. The van der Waals surface area contributed by atoms with E-state index >= 15 is 0 Å². The van der Waals surface area contributed by atoms with Crippen LogP contribution in [0.1, 0.15) is 26.6 Å². The summed E-state index contributed by atoms with van der Waals surface area (Å²) in [4.78, 5) is 4.85. The van der Waals surface area contributed by atoms with E-state index in [1.54, 1.807) is 12.1 Å². The lowest BCUT2D eigenvalue weighted by Gasteiger charge is -2.17. The molecule has 0 spiro atoms. The second-order valence-electron chi connectivity index (χ2n) is 6.94. The van der Waals surface area contributed by atoms with Crippen LogP contribution in [-0.2, 0) is 19.5 Å². The minimum atomic E-state index is 0.0362. The number of benzene rings is 1. The molecule has 0 saturated heterocycles. The van der Waals surface area contributed by atoms with E-state index in [2.05, 4.69) is 65.9 Å². The largest absolute Gasteiger partial charge is 0.331 e. The van der Waals surface area contributed by atoms with Crippen LogP contribution in [0.3, 0.4) is 0 Å². The molecule has 0 radical (unpaired) electrons. The smallest absolute Gasteiger partial charge is 0.256 e. The predicted molar refractivity (Wildman–Crippen MR) is 96.4 cm³/mol. The summed E-state index contributed by atoms with van der Waals surface area (Å²) in [6.07, 6.45) is 6.11. The van der Waals surface area contributed by atoms with Gasteiger partial charge >= 0.3 is 0 Å². The van der Waals surface area contributed by atoms with Gasteiger partial charge in [0.2, 0.25) is 0 Å². The highest BCUT2D eigenvalue weighted by molar-refractivity contribution is 7.99. The number of aryl methyl sites for hydroxylation is 2. The lowest BCUT2D eigenvalue weighted by Crippen LogP contribution is -2.23. The summed E-state index contributed by atoms with van der Waals surface area (Å²) in [5.41, 5.74) is 3.39. The molecular weight excluding hydrogens is 306 g/mol. The normalized spacial score (nSPS) is 12.1.